The molecule has 1 aliphatic rings. The van der Waals surface area contributed by atoms with Crippen LogP contribution in [0.15, 0.2) is 61.1 Å². The van der Waals surface area contributed by atoms with Gasteiger partial charge in [-0.2, -0.15) is 15.2 Å². The summed E-state index contributed by atoms with van der Waals surface area (Å²) in [5.74, 6) is 0.816. The minimum Gasteiger partial charge on any atom is -0.375 e. The van der Waals surface area contributed by atoms with Crippen LogP contribution in [0.2, 0.25) is 0 Å². The molecule has 1 aromatic carbocycles. The molecule has 0 spiro atoms. The number of likely N-dealkylation sites (tertiary alicyclic amines) is 1. The third-order valence-electron chi connectivity index (χ3n) is 6.26. The molecular formula is C24H26N8O2. The van der Waals surface area contributed by atoms with Gasteiger partial charge in [-0.3, -0.25) is 9.48 Å². The van der Waals surface area contributed by atoms with Crippen molar-refractivity contribution in [2.75, 3.05) is 18.9 Å². The molecule has 2 atom stereocenters. The molecule has 10 heteroatoms. The molecule has 1 fully saturated rings. The van der Waals surface area contributed by atoms with Crippen molar-refractivity contribution in [1.29, 1.82) is 0 Å². The van der Waals surface area contributed by atoms with E-state index < -0.39 is 5.60 Å². The lowest BCUT2D eigenvalue weighted by atomic mass is 9.90. The lowest BCUT2D eigenvalue weighted by molar-refractivity contribution is -0.143. The van der Waals surface area contributed by atoms with Gasteiger partial charge in [-0.05, 0) is 30.7 Å². The van der Waals surface area contributed by atoms with Gasteiger partial charge in [-0.15, -0.1) is 0 Å². The van der Waals surface area contributed by atoms with Gasteiger partial charge in [-0.1, -0.05) is 18.2 Å². The van der Waals surface area contributed by atoms with E-state index in [1.165, 1.54) is 0 Å². The lowest BCUT2D eigenvalue weighted by Crippen LogP contribution is -2.36. The van der Waals surface area contributed by atoms with E-state index in [1.54, 1.807) is 41.2 Å². The van der Waals surface area contributed by atoms with Crippen LogP contribution in [0.5, 0.6) is 0 Å². The largest absolute Gasteiger partial charge is 0.375 e. The molecule has 0 aliphatic carbocycles. The summed E-state index contributed by atoms with van der Waals surface area (Å²) in [6.07, 6.45) is 5.63. The summed E-state index contributed by atoms with van der Waals surface area (Å²) < 4.78 is 3.48. The Balaban J connectivity index is 1.38. The summed E-state index contributed by atoms with van der Waals surface area (Å²) >= 11 is 0. The molecule has 5 rings (SSSR count). The number of anilines is 1. The topological polar surface area (TPSA) is 114 Å². The molecule has 2 N–H and O–H groups in total. The van der Waals surface area contributed by atoms with Gasteiger partial charge in [0.2, 0.25) is 5.95 Å². The highest BCUT2D eigenvalue weighted by Gasteiger charge is 2.45. The van der Waals surface area contributed by atoms with E-state index in [0.29, 0.717) is 36.0 Å². The standard InChI is InChI=1S/C24H26N8O2/c1-16(20-7-12-26-31(20)3)27-23-25-11-8-21(28-23)32-13-9-19(29-32)17-5-4-6-18(15-17)24(34)10-14-30(2)22(24)33/h4-9,11-13,15-16,34H,10,14H2,1-3H3,(H,25,27,28)/t16-,24-/m1/s1. The average molecular weight is 459 g/mol. The van der Waals surface area contributed by atoms with Crippen LogP contribution in [-0.2, 0) is 17.4 Å². The highest BCUT2D eigenvalue weighted by molar-refractivity contribution is 5.88. The average Bonchev–Trinajstić information content (AvgIpc) is 3.57. The minimum absolute atomic E-state index is 0.0261. The normalized spacial score (nSPS) is 18.9. The highest BCUT2D eigenvalue weighted by Crippen LogP contribution is 2.34. The summed E-state index contributed by atoms with van der Waals surface area (Å²) in [4.78, 5) is 23.0. The molecule has 174 valence electrons. The molecular weight excluding hydrogens is 432 g/mol. The molecule has 34 heavy (non-hydrogen) atoms. The maximum absolute atomic E-state index is 12.5. The number of nitrogens with one attached hydrogen (secondary N) is 1. The third kappa shape index (κ3) is 3.81. The van der Waals surface area contributed by atoms with Crippen molar-refractivity contribution in [2.24, 2.45) is 7.05 Å². The molecule has 0 unspecified atom stereocenters. The fourth-order valence-electron chi connectivity index (χ4n) is 4.29. The number of nitrogens with zero attached hydrogens (tertiary/aromatic N) is 7. The Morgan fingerprint density at radius 1 is 1.15 bits per heavy atom. The van der Waals surface area contributed by atoms with Crippen LogP contribution in [0.1, 0.15) is 30.6 Å². The van der Waals surface area contributed by atoms with Crippen LogP contribution in [0, 0.1) is 0 Å². The van der Waals surface area contributed by atoms with Gasteiger partial charge < -0.3 is 15.3 Å². The van der Waals surface area contributed by atoms with Crippen LogP contribution < -0.4 is 5.32 Å². The number of aryl methyl sites for hydroxylation is 1. The van der Waals surface area contributed by atoms with Crippen LogP contribution >= 0.6 is 0 Å². The van der Waals surface area contributed by atoms with E-state index in [1.807, 2.05) is 55.2 Å². The van der Waals surface area contributed by atoms with Crippen LogP contribution in [0.4, 0.5) is 5.95 Å². The first-order chi connectivity index (χ1) is 16.3. The SMILES string of the molecule is C[C@@H](Nc1nccc(-n2ccc(-c3cccc([C@]4(O)CCN(C)C4=O)c3)n2)n1)c1ccnn1C. The first kappa shape index (κ1) is 21.8. The number of carbonyl (C=O) groups is 1. The Morgan fingerprint density at radius 2 is 2.00 bits per heavy atom. The molecule has 1 aliphatic heterocycles. The summed E-state index contributed by atoms with van der Waals surface area (Å²) in [6.45, 7) is 2.55. The molecule has 1 amide bonds. The van der Waals surface area contributed by atoms with Crippen molar-refractivity contribution < 1.29 is 9.90 Å². The molecule has 10 nitrogen and oxygen atoms in total. The van der Waals surface area contributed by atoms with Gasteiger partial charge in [-0.25, -0.2) is 9.67 Å². The van der Waals surface area contributed by atoms with Crippen molar-refractivity contribution in [2.45, 2.75) is 25.0 Å². The number of aliphatic hydroxyl groups is 1. The first-order valence-corrected chi connectivity index (χ1v) is 11.1. The van der Waals surface area contributed by atoms with E-state index >= 15 is 0 Å². The number of amides is 1. The van der Waals surface area contributed by atoms with Crippen molar-refractivity contribution in [3.05, 3.63) is 72.3 Å². The molecule has 3 aromatic heterocycles. The van der Waals surface area contributed by atoms with Gasteiger partial charge in [0.05, 0.1) is 17.4 Å². The first-order valence-electron chi connectivity index (χ1n) is 11.1. The van der Waals surface area contributed by atoms with Gasteiger partial charge in [0.25, 0.3) is 5.91 Å². The van der Waals surface area contributed by atoms with Gasteiger partial charge >= 0.3 is 0 Å². The van der Waals surface area contributed by atoms with E-state index in [2.05, 4.69) is 25.5 Å². The van der Waals surface area contributed by atoms with Crippen molar-refractivity contribution in [3.63, 3.8) is 0 Å². The number of rotatable bonds is 6. The van der Waals surface area contributed by atoms with Crippen LogP contribution in [0.3, 0.4) is 0 Å². The van der Waals surface area contributed by atoms with Crippen LogP contribution in [-0.4, -0.2) is 59.0 Å². The Bertz CT molecular complexity index is 1350. The zero-order valence-electron chi connectivity index (χ0n) is 19.3. The zero-order valence-corrected chi connectivity index (χ0v) is 19.3. The second kappa shape index (κ2) is 8.38. The number of likely N-dealkylation sites (N-methyl/N-ethyl adjacent to an activating group) is 1. The van der Waals surface area contributed by atoms with E-state index in [4.69, 9.17) is 0 Å². The van der Waals surface area contributed by atoms with E-state index in [9.17, 15) is 9.90 Å². The number of carbonyl (C=O) groups excluding carboxylic acids is 1. The smallest absolute Gasteiger partial charge is 0.258 e. The van der Waals surface area contributed by atoms with Gasteiger partial charge in [0.1, 0.15) is 0 Å². The van der Waals surface area contributed by atoms with E-state index in [0.717, 1.165) is 11.3 Å². The summed E-state index contributed by atoms with van der Waals surface area (Å²) in [5, 5.41) is 23.2. The Hall–Kier alpha value is -4.05. The van der Waals surface area contributed by atoms with Gasteiger partial charge in [0.15, 0.2) is 11.4 Å². The van der Waals surface area contributed by atoms with Crippen molar-refractivity contribution in [3.8, 4) is 17.1 Å². The Kier molecular flexibility index (Phi) is 5.37. The second-order valence-electron chi connectivity index (χ2n) is 8.55. The highest BCUT2D eigenvalue weighted by atomic mass is 16.3. The maximum atomic E-state index is 12.5. The van der Waals surface area contributed by atoms with Crippen molar-refractivity contribution in [1.82, 2.24) is 34.4 Å². The number of hydrogen-bond donors (Lipinski definition) is 2. The number of hydrogen-bond acceptors (Lipinski definition) is 7. The number of aromatic nitrogens is 6. The molecule has 4 heterocycles. The molecule has 0 radical (unpaired) electrons. The zero-order chi connectivity index (χ0) is 23.9. The number of benzene rings is 1. The predicted octanol–water partition coefficient (Wildman–Crippen LogP) is 2.29. The molecule has 4 aromatic rings. The quantitative estimate of drug-likeness (QED) is 0.456. The summed E-state index contributed by atoms with van der Waals surface area (Å²) in [6, 6.07) is 12.9. The van der Waals surface area contributed by atoms with Gasteiger partial charge in [0, 0.05) is 57.3 Å². The van der Waals surface area contributed by atoms with E-state index in [-0.39, 0.29) is 11.9 Å². The maximum Gasteiger partial charge on any atom is 0.258 e. The summed E-state index contributed by atoms with van der Waals surface area (Å²) in [7, 11) is 3.60. The molecule has 1 saturated heterocycles. The predicted molar refractivity (Wildman–Crippen MR) is 126 cm³/mol. The Labute approximate surface area is 196 Å². The fourth-order valence-corrected chi connectivity index (χ4v) is 4.29. The second-order valence-corrected chi connectivity index (χ2v) is 8.55. The molecule has 0 saturated carbocycles. The third-order valence-corrected chi connectivity index (χ3v) is 6.26. The minimum atomic E-state index is -1.49. The Morgan fingerprint density at radius 3 is 2.74 bits per heavy atom. The summed E-state index contributed by atoms with van der Waals surface area (Å²) in [5.41, 5.74) is 1.62. The molecule has 0 bridgehead atoms. The van der Waals surface area contributed by atoms with Crippen LogP contribution in [0.25, 0.3) is 17.1 Å². The van der Waals surface area contributed by atoms with Crippen molar-refractivity contribution >= 4 is 11.9 Å². The fraction of sp³-hybridized carbons (Fsp3) is 0.292. The lowest BCUT2D eigenvalue weighted by Gasteiger charge is -2.21. The monoisotopic (exact) mass is 458 g/mol.